The molecule has 0 rings (SSSR count). The number of Topliss-reactive ketones (excluding diaryl/α,β-unsaturated/α-hetero) is 2. The maximum atomic E-state index is 13.0. The first-order valence-electron chi connectivity index (χ1n) is 7.90. The number of amides is 1. The van der Waals surface area contributed by atoms with E-state index < -0.39 is 47.8 Å². The Balaban J connectivity index is 6.14. The zero-order valence-corrected chi connectivity index (χ0v) is 14.9. The van der Waals surface area contributed by atoms with Gasteiger partial charge in [-0.15, -0.1) is 0 Å². The Morgan fingerprint density at radius 2 is 1.46 bits per heavy atom. The van der Waals surface area contributed by atoms with E-state index in [9.17, 15) is 27.6 Å². The third kappa shape index (κ3) is 5.49. The molecule has 0 aliphatic heterocycles. The van der Waals surface area contributed by atoms with Crippen molar-refractivity contribution < 1.29 is 32.3 Å². The molecule has 24 heavy (non-hydrogen) atoms. The maximum absolute atomic E-state index is 13.0. The number of nitrogens with zero attached hydrogens (tertiary/aromatic N) is 1. The highest BCUT2D eigenvalue weighted by molar-refractivity contribution is 5.95. The molecule has 0 aromatic carbocycles. The zero-order valence-electron chi connectivity index (χ0n) is 14.9. The van der Waals surface area contributed by atoms with Gasteiger partial charge in [0.25, 0.3) is 5.78 Å². The average Bonchev–Trinajstić information content (AvgIpc) is 2.43. The molecule has 140 valence electrons. The Kier molecular flexibility index (Phi) is 8.43. The Morgan fingerprint density at radius 3 is 1.75 bits per heavy atom. The van der Waals surface area contributed by atoms with E-state index in [1.54, 1.807) is 20.8 Å². The van der Waals surface area contributed by atoms with Gasteiger partial charge in [-0.2, -0.15) is 13.2 Å². The van der Waals surface area contributed by atoms with Crippen molar-refractivity contribution in [2.75, 3.05) is 7.11 Å². The first kappa shape index (κ1) is 22.4. The molecule has 1 amide bonds. The van der Waals surface area contributed by atoms with Crippen molar-refractivity contribution in [2.24, 2.45) is 11.8 Å². The van der Waals surface area contributed by atoms with E-state index in [1.807, 2.05) is 0 Å². The summed E-state index contributed by atoms with van der Waals surface area (Å²) in [6, 6.07) is -2.97. The minimum absolute atomic E-state index is 0.0986. The summed E-state index contributed by atoms with van der Waals surface area (Å²) in [5.41, 5.74) is 0. The lowest BCUT2D eigenvalue weighted by Gasteiger charge is -2.39. The van der Waals surface area contributed by atoms with E-state index >= 15 is 0 Å². The summed E-state index contributed by atoms with van der Waals surface area (Å²) in [5, 5.41) is 0. The van der Waals surface area contributed by atoms with E-state index in [0.717, 1.165) is 7.11 Å². The lowest BCUT2D eigenvalue weighted by molar-refractivity contribution is -0.179. The van der Waals surface area contributed by atoms with Crippen LogP contribution in [-0.2, 0) is 14.3 Å². The molecule has 0 aromatic rings. The number of hydrogen-bond acceptors (Lipinski definition) is 4. The van der Waals surface area contributed by atoms with Gasteiger partial charge in [0.05, 0.1) is 13.2 Å². The van der Waals surface area contributed by atoms with Crippen LogP contribution in [0.25, 0.3) is 0 Å². The van der Waals surface area contributed by atoms with Gasteiger partial charge < -0.3 is 4.74 Å². The van der Waals surface area contributed by atoms with Gasteiger partial charge in [-0.05, 0) is 18.3 Å². The van der Waals surface area contributed by atoms with Gasteiger partial charge in [0.15, 0.2) is 5.78 Å². The maximum Gasteiger partial charge on any atom is 0.452 e. The van der Waals surface area contributed by atoms with Gasteiger partial charge in [-0.3, -0.25) is 14.5 Å². The predicted molar refractivity (Wildman–Crippen MR) is 82.5 cm³/mol. The number of methoxy groups -OCH3 is 1. The Hall–Kier alpha value is -1.60. The monoisotopic (exact) mass is 353 g/mol. The van der Waals surface area contributed by atoms with E-state index in [2.05, 4.69) is 4.74 Å². The molecule has 8 heteroatoms. The summed E-state index contributed by atoms with van der Waals surface area (Å²) in [6.45, 7) is 7.77. The number of alkyl halides is 3. The smallest absolute Gasteiger partial charge is 0.452 e. The molecular weight excluding hydrogens is 327 g/mol. The first-order chi connectivity index (χ1) is 10.9. The van der Waals surface area contributed by atoms with E-state index in [4.69, 9.17) is 0 Å². The van der Waals surface area contributed by atoms with E-state index in [-0.39, 0.29) is 6.42 Å². The molecule has 2 atom stereocenters. The summed E-state index contributed by atoms with van der Waals surface area (Å²) in [6.07, 6.45) is -5.65. The SMILES string of the molecule is CCCC(=O)C(C(C)C)N(C(=O)OC)[C@H](C(=O)C(F)(F)F)C(C)C. The quantitative estimate of drug-likeness (QED) is 0.669. The van der Waals surface area contributed by atoms with Gasteiger partial charge in [0, 0.05) is 6.42 Å². The predicted octanol–water partition coefficient (Wildman–Crippen LogP) is 3.60. The molecule has 0 saturated heterocycles. The van der Waals surface area contributed by atoms with Crippen molar-refractivity contribution in [2.45, 2.75) is 65.7 Å². The molecule has 0 saturated carbocycles. The number of ether oxygens (including phenoxy) is 1. The van der Waals surface area contributed by atoms with Crippen LogP contribution in [0.3, 0.4) is 0 Å². The molecule has 0 aliphatic carbocycles. The molecule has 5 nitrogen and oxygen atoms in total. The summed E-state index contributed by atoms with van der Waals surface area (Å²) in [4.78, 5) is 37.1. The molecule has 0 fully saturated rings. The number of rotatable bonds is 8. The standard InChI is InChI=1S/C16H26F3NO4/c1-7-8-11(21)12(9(2)3)20(15(23)24-6)13(10(4)5)14(22)16(17,18)19/h9-10,12-13H,7-8H2,1-6H3/t12?,13-/m0/s1. The summed E-state index contributed by atoms with van der Waals surface area (Å²) >= 11 is 0. The van der Waals surface area contributed by atoms with Crippen molar-refractivity contribution in [1.82, 2.24) is 4.90 Å². The second-order valence-electron chi connectivity index (χ2n) is 6.33. The lowest BCUT2D eigenvalue weighted by atomic mass is 9.90. The number of carbonyl (C=O) groups excluding carboxylic acids is 3. The normalized spacial score (nSPS) is 14.5. The Labute approximate surface area is 140 Å². The molecule has 1 unspecified atom stereocenters. The van der Waals surface area contributed by atoms with Crippen molar-refractivity contribution in [3.63, 3.8) is 0 Å². The highest BCUT2D eigenvalue weighted by atomic mass is 19.4. The van der Waals surface area contributed by atoms with Crippen LogP contribution in [0, 0.1) is 11.8 Å². The molecule has 0 N–H and O–H groups in total. The van der Waals surface area contributed by atoms with Crippen molar-refractivity contribution >= 4 is 17.7 Å². The Bertz CT molecular complexity index is 461. The second-order valence-corrected chi connectivity index (χ2v) is 6.33. The van der Waals surface area contributed by atoms with E-state index in [1.165, 1.54) is 13.8 Å². The fourth-order valence-corrected chi connectivity index (χ4v) is 2.67. The fraction of sp³-hybridized carbons (Fsp3) is 0.812. The van der Waals surface area contributed by atoms with Crippen LogP contribution in [-0.4, -0.2) is 47.9 Å². The molecule has 0 spiro atoms. The highest BCUT2D eigenvalue weighted by Crippen LogP contribution is 2.29. The fourth-order valence-electron chi connectivity index (χ4n) is 2.67. The first-order valence-corrected chi connectivity index (χ1v) is 7.90. The number of halogens is 3. The summed E-state index contributed by atoms with van der Waals surface area (Å²) < 4.78 is 43.5. The molecule has 0 aliphatic rings. The van der Waals surface area contributed by atoms with Gasteiger partial charge in [0.2, 0.25) is 0 Å². The van der Waals surface area contributed by atoms with Crippen molar-refractivity contribution in [3.05, 3.63) is 0 Å². The van der Waals surface area contributed by atoms with Gasteiger partial charge in [-0.1, -0.05) is 34.6 Å². The molecule has 0 radical (unpaired) electrons. The Morgan fingerprint density at radius 1 is 1.00 bits per heavy atom. The molecular formula is C16H26F3NO4. The molecule has 0 bridgehead atoms. The van der Waals surface area contributed by atoms with Crippen molar-refractivity contribution in [1.29, 1.82) is 0 Å². The topological polar surface area (TPSA) is 63.7 Å². The number of hydrogen-bond donors (Lipinski definition) is 0. The molecule has 0 heterocycles. The number of ketones is 2. The van der Waals surface area contributed by atoms with Crippen LogP contribution in [0.15, 0.2) is 0 Å². The average molecular weight is 353 g/mol. The van der Waals surface area contributed by atoms with Crippen LogP contribution < -0.4 is 0 Å². The van der Waals surface area contributed by atoms with Crippen LogP contribution in [0.4, 0.5) is 18.0 Å². The van der Waals surface area contributed by atoms with Gasteiger partial charge >= 0.3 is 12.3 Å². The van der Waals surface area contributed by atoms with Gasteiger partial charge in [0.1, 0.15) is 6.04 Å². The van der Waals surface area contributed by atoms with Crippen LogP contribution in [0.1, 0.15) is 47.5 Å². The minimum atomic E-state index is -5.11. The highest BCUT2D eigenvalue weighted by Gasteiger charge is 2.51. The molecule has 0 aromatic heterocycles. The van der Waals surface area contributed by atoms with Crippen LogP contribution >= 0.6 is 0 Å². The van der Waals surface area contributed by atoms with Crippen LogP contribution in [0.5, 0.6) is 0 Å². The second kappa shape index (κ2) is 9.03. The third-order valence-electron chi connectivity index (χ3n) is 3.62. The van der Waals surface area contributed by atoms with E-state index in [0.29, 0.717) is 11.3 Å². The third-order valence-corrected chi connectivity index (χ3v) is 3.62. The largest absolute Gasteiger partial charge is 0.453 e. The summed E-state index contributed by atoms with van der Waals surface area (Å²) in [7, 11) is 1.01. The summed E-state index contributed by atoms with van der Waals surface area (Å²) in [5.74, 6) is -3.75. The zero-order chi connectivity index (χ0) is 19.2. The van der Waals surface area contributed by atoms with Crippen molar-refractivity contribution in [3.8, 4) is 0 Å². The number of carbonyl (C=O) groups is 3. The lowest BCUT2D eigenvalue weighted by Crippen LogP contribution is -2.59. The van der Waals surface area contributed by atoms with Crippen LogP contribution in [0.2, 0.25) is 0 Å². The van der Waals surface area contributed by atoms with Gasteiger partial charge in [-0.25, -0.2) is 4.79 Å². The minimum Gasteiger partial charge on any atom is -0.453 e.